The zero-order valence-corrected chi connectivity index (χ0v) is 39.3. The highest BCUT2D eigenvalue weighted by Gasteiger charge is 2.27. The van der Waals surface area contributed by atoms with Gasteiger partial charge in [-0.15, -0.1) is 0 Å². The lowest BCUT2D eigenvalue weighted by molar-refractivity contribution is 0.566. The van der Waals surface area contributed by atoms with Crippen LogP contribution in [0.1, 0.15) is 55.6 Å². The van der Waals surface area contributed by atoms with E-state index in [4.69, 9.17) is 0 Å². The maximum atomic E-state index is 12.0. The molecule has 1 unspecified atom stereocenters. The molecule has 7 rings (SSSR count). The number of hydrogen-bond donors (Lipinski definition) is 4. The number of aryl methyl sites for hydroxylation is 7. The summed E-state index contributed by atoms with van der Waals surface area (Å²) in [6, 6.07) is 42.5. The van der Waals surface area contributed by atoms with Crippen molar-refractivity contribution in [2.75, 3.05) is 51.4 Å². The zero-order valence-electron chi connectivity index (χ0n) is 37.6. The van der Waals surface area contributed by atoms with E-state index in [9.17, 15) is 17.2 Å². The van der Waals surface area contributed by atoms with Gasteiger partial charge in [-0.1, -0.05) is 29.8 Å². The second-order valence-electron chi connectivity index (χ2n) is 16.6. The van der Waals surface area contributed by atoms with Crippen LogP contribution in [0.5, 0.6) is 0 Å². The van der Waals surface area contributed by atoms with Gasteiger partial charge >= 0.3 is 0 Å². The Morgan fingerprint density at radius 1 is 0.603 bits per heavy atom. The molecule has 0 spiro atoms. The minimum absolute atomic E-state index is 0.0333. The number of benzene rings is 7. The van der Waals surface area contributed by atoms with Crippen molar-refractivity contribution in [2.24, 2.45) is 0 Å². The standard InChI is InChI=1S/C52H55N5O4S2/c1-32-25-33(2)50(34(3)26-32)54-48-24-23-47(45-13-11-12-14-46(45)48)49(39-15-19-43(20-16-39)56(8)51-35(4)27-41(28-36(51)5)53-31-62(58)59)40-17-21-44(22-18-40)57(9)52-37(6)29-42(30-38(52)7)55-63(10,60)61/h11-30,53-55H,31H2,1-10H3/p+1. The molecule has 0 aliphatic carbocycles. The van der Waals surface area contributed by atoms with Gasteiger partial charge < -0.3 is 25.0 Å². The topological polar surface area (TPSA) is 114 Å². The van der Waals surface area contributed by atoms with Crippen molar-refractivity contribution < 1.29 is 17.2 Å². The molecule has 7 aromatic carbocycles. The van der Waals surface area contributed by atoms with Crippen molar-refractivity contribution >= 4 is 77.4 Å². The van der Waals surface area contributed by atoms with Gasteiger partial charge in [0.25, 0.3) is 0 Å². The quantitative estimate of drug-likeness (QED) is 0.0485. The van der Waals surface area contributed by atoms with E-state index in [0.29, 0.717) is 5.69 Å². The lowest BCUT2D eigenvalue weighted by atomic mass is 9.82. The number of fused-ring (bicyclic) bond motifs is 1. The molecular formula is C52H56N5O4S2+. The fourth-order valence-corrected chi connectivity index (χ4v) is 9.90. The average Bonchev–Trinajstić information content (AvgIpc) is 3.21. The Labute approximate surface area is 375 Å². The van der Waals surface area contributed by atoms with Gasteiger partial charge in [-0.2, -0.15) is 0 Å². The summed E-state index contributed by atoms with van der Waals surface area (Å²) < 4.78 is 47.2. The number of nitrogens with zero attached hydrogens (tertiary/aromatic N) is 2. The molecule has 11 heteroatoms. The molecule has 0 saturated heterocycles. The summed E-state index contributed by atoms with van der Waals surface area (Å²) in [6.07, 6.45) is 1.16. The Hall–Kier alpha value is -6.27. The van der Waals surface area contributed by atoms with E-state index in [-0.39, 0.29) is 5.88 Å². The minimum Gasteiger partial charge on any atom is -0.372 e. The fourth-order valence-electron chi connectivity index (χ4n) is 9.07. The molecule has 0 aromatic heterocycles. The van der Waals surface area contributed by atoms with Gasteiger partial charge in [0.1, 0.15) is 5.88 Å². The molecule has 0 saturated carbocycles. The van der Waals surface area contributed by atoms with Gasteiger partial charge in [-0.05, 0) is 179 Å². The first-order chi connectivity index (χ1) is 29.9. The molecule has 0 heterocycles. The second-order valence-corrected chi connectivity index (χ2v) is 19.3. The van der Waals surface area contributed by atoms with E-state index < -0.39 is 21.1 Å². The Morgan fingerprint density at radius 3 is 1.52 bits per heavy atom. The minimum atomic E-state index is -3.41. The number of anilines is 8. The normalized spacial score (nSPS) is 11.9. The third-order valence-corrected chi connectivity index (χ3v) is 12.6. The van der Waals surface area contributed by atoms with Crippen molar-refractivity contribution in [1.82, 2.24) is 0 Å². The molecule has 63 heavy (non-hydrogen) atoms. The van der Waals surface area contributed by atoms with E-state index in [2.05, 4.69) is 164 Å². The summed E-state index contributed by atoms with van der Waals surface area (Å²) in [5.74, 6) is 1.06. The van der Waals surface area contributed by atoms with Gasteiger partial charge in [-0.3, -0.25) is 4.72 Å². The van der Waals surface area contributed by atoms with Gasteiger partial charge in [0.05, 0.1) is 45.9 Å². The first kappa shape index (κ1) is 44.8. The van der Waals surface area contributed by atoms with Gasteiger partial charge in [-0.25, -0.2) is 12.6 Å². The Balaban J connectivity index is 1.29. The first-order valence-electron chi connectivity index (χ1n) is 20.8. The number of sulfonamides is 1. The molecule has 0 radical (unpaired) electrons. The zero-order chi connectivity index (χ0) is 45.3. The maximum absolute atomic E-state index is 12.0. The maximum Gasteiger partial charge on any atom is 0.229 e. The van der Waals surface area contributed by atoms with Crippen LogP contribution in [-0.4, -0.2) is 43.4 Å². The molecule has 0 aliphatic heterocycles. The Kier molecular flexibility index (Phi) is 12.9. The van der Waals surface area contributed by atoms with Crippen molar-refractivity contribution in [3.63, 3.8) is 0 Å². The third kappa shape index (κ3) is 9.86. The number of hydrogen-bond acceptors (Lipinski definition) is 7. The second kappa shape index (κ2) is 18.2. The summed E-state index contributed by atoms with van der Waals surface area (Å²) in [4.78, 5) is 4.33. The molecular weight excluding hydrogens is 823 g/mol. The lowest BCUT2D eigenvalue weighted by Crippen LogP contribution is -2.15. The van der Waals surface area contributed by atoms with Gasteiger partial charge in [0, 0.05) is 53.3 Å². The molecule has 0 bridgehead atoms. The van der Waals surface area contributed by atoms with Crippen molar-refractivity contribution in [3.8, 4) is 0 Å². The highest BCUT2D eigenvalue weighted by Crippen LogP contribution is 2.42. The Morgan fingerprint density at radius 2 is 1.06 bits per heavy atom. The number of nitrogens with one attached hydrogen (secondary N) is 3. The summed E-state index contributed by atoms with van der Waals surface area (Å²) in [5.41, 5.74) is 18.5. The monoisotopic (exact) mass is 878 g/mol. The highest BCUT2D eigenvalue weighted by molar-refractivity contribution is 7.92. The van der Waals surface area contributed by atoms with Crippen LogP contribution in [0.2, 0.25) is 0 Å². The smallest absolute Gasteiger partial charge is 0.229 e. The first-order valence-corrected chi connectivity index (χ1v) is 24.0. The molecule has 0 amide bonds. The van der Waals surface area contributed by atoms with Crippen molar-refractivity contribution in [2.45, 2.75) is 48.5 Å². The van der Waals surface area contributed by atoms with Crippen LogP contribution >= 0.6 is 0 Å². The van der Waals surface area contributed by atoms with Gasteiger partial charge in [0.2, 0.25) is 10.0 Å². The molecule has 4 N–H and O–H groups in total. The van der Waals surface area contributed by atoms with Gasteiger partial charge in [0.15, 0.2) is 11.1 Å². The molecule has 0 fully saturated rings. The summed E-state index contributed by atoms with van der Waals surface area (Å²) >= 11 is -1.94. The highest BCUT2D eigenvalue weighted by atomic mass is 32.2. The fraction of sp³-hybridized carbons (Fsp3) is 0.212. The molecule has 324 valence electrons. The van der Waals surface area contributed by atoms with Crippen LogP contribution in [-0.2, 0) is 21.1 Å². The van der Waals surface area contributed by atoms with E-state index in [1.54, 1.807) is 0 Å². The summed E-state index contributed by atoms with van der Waals surface area (Å²) in [5, 5.41) is 9.09. The molecule has 1 atom stereocenters. The van der Waals surface area contributed by atoms with Crippen LogP contribution in [0.15, 0.2) is 121 Å². The molecule has 7 aromatic rings. The van der Waals surface area contributed by atoms with E-state index in [0.717, 1.165) is 102 Å². The molecule has 9 nitrogen and oxygen atoms in total. The van der Waals surface area contributed by atoms with Crippen molar-refractivity contribution in [3.05, 3.63) is 183 Å². The van der Waals surface area contributed by atoms with Crippen LogP contribution in [0.4, 0.5) is 45.5 Å². The third-order valence-electron chi connectivity index (χ3n) is 11.6. The van der Waals surface area contributed by atoms with Crippen LogP contribution < -0.4 is 25.2 Å². The summed E-state index contributed by atoms with van der Waals surface area (Å²) in [7, 11) is 0.695. The van der Waals surface area contributed by atoms with Crippen LogP contribution in [0.3, 0.4) is 0 Å². The van der Waals surface area contributed by atoms with Crippen LogP contribution in [0.25, 0.3) is 10.8 Å². The van der Waals surface area contributed by atoms with Crippen LogP contribution in [0, 0.1) is 54.4 Å². The predicted molar refractivity (Wildman–Crippen MR) is 267 cm³/mol. The van der Waals surface area contributed by atoms with E-state index >= 15 is 0 Å². The van der Waals surface area contributed by atoms with E-state index in [1.807, 2.05) is 45.2 Å². The number of rotatable bonds is 14. The summed E-state index contributed by atoms with van der Waals surface area (Å²) in [6.45, 7) is 14.5. The predicted octanol–water partition coefficient (Wildman–Crippen LogP) is 12.3. The van der Waals surface area contributed by atoms with E-state index in [1.165, 1.54) is 16.7 Å². The average molecular weight is 879 g/mol. The lowest BCUT2D eigenvalue weighted by Gasteiger charge is -2.25. The van der Waals surface area contributed by atoms with Crippen molar-refractivity contribution in [1.29, 1.82) is 0 Å². The Bertz CT molecular complexity index is 2900. The molecule has 0 aliphatic rings. The largest absolute Gasteiger partial charge is 0.372 e. The SMILES string of the molecule is Cc1cc(C)c(Nc2ccc([C+](c3ccc(N(C)c4c(C)cc(NCS(=O)O)cc4C)cc3)c3ccc(N(C)c4c(C)cc(NS(C)(=O)=O)cc4C)cc3)c3ccccc23)c(C)c1.